The lowest BCUT2D eigenvalue weighted by Crippen LogP contribution is -2.37. The van der Waals surface area contributed by atoms with Crippen molar-refractivity contribution in [2.24, 2.45) is 5.10 Å². The first-order valence-electron chi connectivity index (χ1n) is 9.50. The van der Waals surface area contributed by atoms with Gasteiger partial charge in [0, 0.05) is 12.2 Å². The minimum atomic E-state index is -0.896. The predicted octanol–water partition coefficient (Wildman–Crippen LogP) is 1.86. The van der Waals surface area contributed by atoms with Crippen molar-refractivity contribution in [1.29, 1.82) is 0 Å². The molecule has 0 saturated heterocycles. The van der Waals surface area contributed by atoms with Crippen LogP contribution in [0.25, 0.3) is 0 Å². The first-order chi connectivity index (χ1) is 15.0. The lowest BCUT2D eigenvalue weighted by Gasteiger charge is -2.12. The summed E-state index contributed by atoms with van der Waals surface area (Å²) < 4.78 is 11.1. The van der Waals surface area contributed by atoms with Gasteiger partial charge in [0.2, 0.25) is 0 Å². The molecule has 31 heavy (non-hydrogen) atoms. The second kappa shape index (κ2) is 12.4. The smallest absolute Gasteiger partial charge is 0.329 e. The summed E-state index contributed by atoms with van der Waals surface area (Å²) in [5.41, 5.74) is 3.40. The first kappa shape index (κ1) is 23.1. The van der Waals surface area contributed by atoms with Gasteiger partial charge >= 0.3 is 11.8 Å². The zero-order valence-corrected chi connectivity index (χ0v) is 17.1. The predicted molar refractivity (Wildman–Crippen MR) is 117 cm³/mol. The third kappa shape index (κ3) is 8.01. The maximum Gasteiger partial charge on any atom is 0.329 e. The Balaban J connectivity index is 1.95. The lowest BCUT2D eigenvalue weighted by molar-refractivity contribution is -0.139. The second-order valence-corrected chi connectivity index (χ2v) is 6.04. The van der Waals surface area contributed by atoms with Crippen molar-refractivity contribution in [3.05, 3.63) is 66.7 Å². The topological polar surface area (TPSA) is 118 Å². The SMILES string of the molecule is C=CCNC(=O)C(=O)N/N=C\c1ccc(OCC(=O)Nc2ccccc2)c(OCC)c1. The van der Waals surface area contributed by atoms with Gasteiger partial charge in [-0.1, -0.05) is 24.3 Å². The van der Waals surface area contributed by atoms with Crippen molar-refractivity contribution in [2.75, 3.05) is 25.1 Å². The molecule has 2 aromatic carbocycles. The molecule has 0 saturated carbocycles. The maximum absolute atomic E-state index is 12.1. The summed E-state index contributed by atoms with van der Waals surface area (Å²) in [6.45, 7) is 5.62. The highest BCUT2D eigenvalue weighted by Gasteiger charge is 2.11. The molecule has 0 spiro atoms. The van der Waals surface area contributed by atoms with Crippen molar-refractivity contribution in [3.63, 3.8) is 0 Å². The highest BCUT2D eigenvalue weighted by molar-refractivity contribution is 6.35. The first-order valence-corrected chi connectivity index (χ1v) is 9.50. The van der Waals surface area contributed by atoms with Crippen LogP contribution in [0.4, 0.5) is 5.69 Å². The Morgan fingerprint density at radius 3 is 2.52 bits per heavy atom. The fraction of sp³-hybridized carbons (Fsp3) is 0.182. The summed E-state index contributed by atoms with van der Waals surface area (Å²) in [6.07, 6.45) is 2.81. The monoisotopic (exact) mass is 424 g/mol. The standard InChI is InChI=1S/C22H24N4O5/c1-3-12-23-21(28)22(29)26-24-14-16-10-11-18(19(13-16)30-4-2)31-15-20(27)25-17-8-6-5-7-9-17/h3,5-11,13-14H,1,4,12,15H2,2H3,(H,23,28)(H,25,27)(H,26,29)/b24-14-. The van der Waals surface area contributed by atoms with Crippen LogP contribution in [0, 0.1) is 0 Å². The average molecular weight is 424 g/mol. The van der Waals surface area contributed by atoms with Gasteiger partial charge in [0.25, 0.3) is 5.91 Å². The Morgan fingerprint density at radius 1 is 1.03 bits per heavy atom. The molecule has 0 radical (unpaired) electrons. The van der Waals surface area contributed by atoms with Gasteiger partial charge in [-0.2, -0.15) is 5.10 Å². The number of para-hydroxylation sites is 1. The van der Waals surface area contributed by atoms with Crippen molar-refractivity contribution in [2.45, 2.75) is 6.92 Å². The van der Waals surface area contributed by atoms with Crippen LogP contribution in [0.5, 0.6) is 11.5 Å². The van der Waals surface area contributed by atoms with E-state index in [4.69, 9.17) is 9.47 Å². The average Bonchev–Trinajstić information content (AvgIpc) is 2.77. The van der Waals surface area contributed by atoms with E-state index in [0.717, 1.165) is 0 Å². The number of carbonyl (C=O) groups excluding carboxylic acids is 3. The Kier molecular flexibility index (Phi) is 9.28. The number of benzene rings is 2. The van der Waals surface area contributed by atoms with Crippen LogP contribution < -0.4 is 25.5 Å². The zero-order valence-electron chi connectivity index (χ0n) is 17.1. The van der Waals surface area contributed by atoms with Gasteiger partial charge in [-0.25, -0.2) is 5.43 Å². The number of hydrogen-bond acceptors (Lipinski definition) is 6. The van der Waals surface area contributed by atoms with Crippen molar-refractivity contribution in [3.8, 4) is 11.5 Å². The number of hydrogen-bond donors (Lipinski definition) is 3. The summed E-state index contributed by atoms with van der Waals surface area (Å²) in [4.78, 5) is 35.1. The molecule has 162 valence electrons. The van der Waals surface area contributed by atoms with E-state index in [1.807, 2.05) is 25.1 Å². The maximum atomic E-state index is 12.1. The van der Waals surface area contributed by atoms with Crippen LogP contribution >= 0.6 is 0 Å². The van der Waals surface area contributed by atoms with E-state index in [-0.39, 0.29) is 19.1 Å². The quantitative estimate of drug-likeness (QED) is 0.233. The summed E-state index contributed by atoms with van der Waals surface area (Å²) in [6, 6.07) is 14.0. The number of nitrogens with one attached hydrogen (secondary N) is 3. The van der Waals surface area contributed by atoms with Crippen molar-refractivity contribution < 1.29 is 23.9 Å². The lowest BCUT2D eigenvalue weighted by atomic mass is 10.2. The van der Waals surface area contributed by atoms with Gasteiger partial charge in [0.15, 0.2) is 18.1 Å². The molecule has 0 aliphatic heterocycles. The van der Waals surface area contributed by atoms with Crippen LogP contribution in [-0.4, -0.2) is 43.7 Å². The van der Waals surface area contributed by atoms with Crippen LogP contribution in [0.1, 0.15) is 12.5 Å². The molecule has 9 heteroatoms. The van der Waals surface area contributed by atoms with Gasteiger partial charge in [-0.15, -0.1) is 6.58 Å². The number of hydrazone groups is 1. The molecule has 0 aliphatic rings. The highest BCUT2D eigenvalue weighted by atomic mass is 16.5. The third-order valence-electron chi connectivity index (χ3n) is 3.68. The van der Waals surface area contributed by atoms with E-state index >= 15 is 0 Å². The van der Waals surface area contributed by atoms with E-state index < -0.39 is 11.8 Å². The van der Waals surface area contributed by atoms with Crippen molar-refractivity contribution in [1.82, 2.24) is 10.7 Å². The molecular weight excluding hydrogens is 400 g/mol. The fourth-order valence-corrected chi connectivity index (χ4v) is 2.32. The van der Waals surface area contributed by atoms with Crippen molar-refractivity contribution >= 4 is 29.6 Å². The minimum absolute atomic E-state index is 0.179. The Labute approximate surface area is 180 Å². The molecule has 2 aromatic rings. The third-order valence-corrected chi connectivity index (χ3v) is 3.68. The summed E-state index contributed by atoms with van der Waals surface area (Å²) in [5, 5.41) is 8.82. The molecule has 2 rings (SSSR count). The second-order valence-electron chi connectivity index (χ2n) is 6.04. The molecule has 3 N–H and O–H groups in total. The van der Waals surface area contributed by atoms with Crippen LogP contribution in [-0.2, 0) is 14.4 Å². The van der Waals surface area contributed by atoms with Crippen LogP contribution in [0.2, 0.25) is 0 Å². The number of nitrogens with zero attached hydrogens (tertiary/aromatic N) is 1. The van der Waals surface area contributed by atoms with Gasteiger partial charge in [0.1, 0.15) is 0 Å². The van der Waals surface area contributed by atoms with Gasteiger partial charge in [-0.05, 0) is 42.8 Å². The van der Waals surface area contributed by atoms with Gasteiger partial charge in [-0.3, -0.25) is 14.4 Å². The number of amides is 3. The minimum Gasteiger partial charge on any atom is -0.490 e. The molecule has 3 amide bonds. The summed E-state index contributed by atoms with van der Waals surface area (Å²) in [5.74, 6) is -1.22. The number of rotatable bonds is 10. The molecular formula is C22H24N4O5. The van der Waals surface area contributed by atoms with Crippen LogP contribution in [0.15, 0.2) is 66.3 Å². The van der Waals surface area contributed by atoms with E-state index in [9.17, 15) is 14.4 Å². The fourth-order valence-electron chi connectivity index (χ4n) is 2.32. The van der Waals surface area contributed by atoms with Gasteiger partial charge in [0.05, 0.1) is 12.8 Å². The number of ether oxygens (including phenoxy) is 2. The Morgan fingerprint density at radius 2 is 1.81 bits per heavy atom. The van der Waals surface area contributed by atoms with E-state index in [0.29, 0.717) is 29.4 Å². The van der Waals surface area contributed by atoms with Gasteiger partial charge < -0.3 is 20.1 Å². The van der Waals surface area contributed by atoms with Crippen LogP contribution in [0.3, 0.4) is 0 Å². The highest BCUT2D eigenvalue weighted by Crippen LogP contribution is 2.28. The van der Waals surface area contributed by atoms with E-state index in [2.05, 4.69) is 27.7 Å². The molecule has 0 unspecified atom stereocenters. The summed E-state index contributed by atoms with van der Waals surface area (Å²) >= 11 is 0. The molecule has 0 atom stereocenters. The Hall–Kier alpha value is -4.14. The van der Waals surface area contributed by atoms with E-state index in [1.165, 1.54) is 12.3 Å². The summed E-state index contributed by atoms with van der Waals surface area (Å²) in [7, 11) is 0. The Bertz CT molecular complexity index is 944. The zero-order chi connectivity index (χ0) is 22.5. The molecule has 0 heterocycles. The molecule has 0 aromatic heterocycles. The molecule has 0 aliphatic carbocycles. The van der Waals surface area contributed by atoms with E-state index in [1.54, 1.807) is 30.3 Å². The molecule has 0 fully saturated rings. The molecule has 0 bridgehead atoms. The largest absolute Gasteiger partial charge is 0.490 e. The normalized spacial score (nSPS) is 10.2. The number of anilines is 1. The molecule has 9 nitrogen and oxygen atoms in total. The number of carbonyl (C=O) groups is 3.